The molecule has 0 saturated carbocycles. The van der Waals surface area contributed by atoms with Crippen molar-refractivity contribution in [3.63, 3.8) is 0 Å². The summed E-state index contributed by atoms with van der Waals surface area (Å²) in [5.41, 5.74) is 2.57. The summed E-state index contributed by atoms with van der Waals surface area (Å²) in [7, 11) is 0. The summed E-state index contributed by atoms with van der Waals surface area (Å²) in [5, 5.41) is 0.500. The molecule has 0 aliphatic rings. The molecule has 0 radical (unpaired) electrons. The summed E-state index contributed by atoms with van der Waals surface area (Å²) in [6, 6.07) is 12.7. The molecule has 122 valence electrons. The highest BCUT2D eigenvalue weighted by Crippen LogP contribution is 2.21. The van der Waals surface area contributed by atoms with Crippen LogP contribution in [0.2, 0.25) is 0 Å². The van der Waals surface area contributed by atoms with Gasteiger partial charge in [0.1, 0.15) is 5.82 Å². The average molecular weight is 344 g/mol. The second-order valence-electron chi connectivity index (χ2n) is 4.89. The molecule has 3 aromatic rings. The van der Waals surface area contributed by atoms with Gasteiger partial charge in [0.25, 0.3) is 5.56 Å². The van der Waals surface area contributed by atoms with Crippen LogP contribution in [0.1, 0.15) is 0 Å². The lowest BCUT2D eigenvalue weighted by atomic mass is 10.2. The van der Waals surface area contributed by atoms with Crippen molar-refractivity contribution >= 4 is 28.6 Å². The number of para-hydroxylation sites is 1. The monoisotopic (exact) mass is 344 g/mol. The van der Waals surface area contributed by atoms with Gasteiger partial charge in [-0.15, -0.1) is 0 Å². The number of aromatic nitrogens is 2. The first-order valence-corrected chi connectivity index (χ1v) is 7.98. The van der Waals surface area contributed by atoms with E-state index in [0.717, 1.165) is 17.8 Å². The predicted molar refractivity (Wildman–Crippen MR) is 90.4 cm³/mol. The molecule has 2 aromatic carbocycles. The Kier molecular flexibility index (Phi) is 4.59. The van der Waals surface area contributed by atoms with Crippen LogP contribution < -0.4 is 16.8 Å². The van der Waals surface area contributed by atoms with Gasteiger partial charge in [0.05, 0.1) is 22.3 Å². The van der Waals surface area contributed by atoms with Crippen LogP contribution >= 0.6 is 11.8 Å². The number of nitrogens with two attached hydrogens (primary N) is 1. The Morgan fingerprint density at radius 1 is 1.25 bits per heavy atom. The van der Waals surface area contributed by atoms with Gasteiger partial charge in [0, 0.05) is 0 Å². The van der Waals surface area contributed by atoms with E-state index in [4.69, 9.17) is 5.84 Å². The number of rotatable bonds is 4. The van der Waals surface area contributed by atoms with Crippen LogP contribution in [0.15, 0.2) is 58.5 Å². The second-order valence-corrected chi connectivity index (χ2v) is 5.83. The molecule has 0 aliphatic heterocycles. The SMILES string of the molecule is NNC(=O)CSc1nc2ccc(F)cc2c(=O)n1-c1ccccc1. The van der Waals surface area contributed by atoms with Gasteiger partial charge < -0.3 is 0 Å². The van der Waals surface area contributed by atoms with E-state index in [2.05, 4.69) is 4.98 Å². The van der Waals surface area contributed by atoms with Crippen molar-refractivity contribution in [1.29, 1.82) is 0 Å². The Morgan fingerprint density at radius 2 is 2.00 bits per heavy atom. The van der Waals surface area contributed by atoms with Gasteiger partial charge in [-0.2, -0.15) is 0 Å². The molecule has 0 saturated heterocycles. The Hall–Kier alpha value is -2.71. The molecular formula is C16H13FN4O2S. The Balaban J connectivity index is 2.22. The van der Waals surface area contributed by atoms with Crippen molar-refractivity contribution in [2.24, 2.45) is 5.84 Å². The van der Waals surface area contributed by atoms with Crippen LogP contribution in [0, 0.1) is 5.82 Å². The molecule has 3 rings (SSSR count). The quantitative estimate of drug-likeness (QED) is 0.247. The number of hydrogen-bond acceptors (Lipinski definition) is 5. The van der Waals surface area contributed by atoms with Gasteiger partial charge in [-0.05, 0) is 30.3 Å². The lowest BCUT2D eigenvalue weighted by Gasteiger charge is -2.12. The third-order valence-corrected chi connectivity index (χ3v) is 4.25. The fraction of sp³-hybridized carbons (Fsp3) is 0.0625. The summed E-state index contributed by atoms with van der Waals surface area (Å²) in [6.07, 6.45) is 0. The van der Waals surface area contributed by atoms with Crippen molar-refractivity contribution in [1.82, 2.24) is 15.0 Å². The lowest BCUT2D eigenvalue weighted by molar-refractivity contribution is -0.118. The maximum absolute atomic E-state index is 13.5. The van der Waals surface area contributed by atoms with Gasteiger partial charge in [0.15, 0.2) is 5.16 Å². The Labute approximate surface area is 140 Å². The van der Waals surface area contributed by atoms with Crippen LogP contribution in [0.3, 0.4) is 0 Å². The predicted octanol–water partition coefficient (Wildman–Crippen LogP) is 1.61. The van der Waals surface area contributed by atoms with Gasteiger partial charge in [0.2, 0.25) is 5.91 Å². The third-order valence-electron chi connectivity index (χ3n) is 3.31. The van der Waals surface area contributed by atoms with Crippen LogP contribution in [0.4, 0.5) is 4.39 Å². The zero-order chi connectivity index (χ0) is 17.1. The lowest BCUT2D eigenvalue weighted by Crippen LogP contribution is -2.32. The number of carbonyl (C=O) groups excluding carboxylic acids is 1. The average Bonchev–Trinajstić information content (AvgIpc) is 2.61. The third kappa shape index (κ3) is 3.15. The molecule has 0 bridgehead atoms. The first-order valence-electron chi connectivity index (χ1n) is 7.00. The number of hydrazine groups is 1. The summed E-state index contributed by atoms with van der Waals surface area (Å²) < 4.78 is 14.9. The minimum Gasteiger partial charge on any atom is -0.294 e. The van der Waals surface area contributed by atoms with E-state index < -0.39 is 17.3 Å². The number of nitrogens with zero attached hydrogens (tertiary/aromatic N) is 2. The van der Waals surface area contributed by atoms with E-state index >= 15 is 0 Å². The fourth-order valence-corrected chi connectivity index (χ4v) is 3.03. The molecule has 0 aliphatic carbocycles. The van der Waals surface area contributed by atoms with E-state index in [-0.39, 0.29) is 11.1 Å². The molecule has 0 unspecified atom stereocenters. The Morgan fingerprint density at radius 3 is 2.71 bits per heavy atom. The topological polar surface area (TPSA) is 90.0 Å². The zero-order valence-corrected chi connectivity index (χ0v) is 13.2. The van der Waals surface area contributed by atoms with E-state index in [0.29, 0.717) is 16.4 Å². The number of thioether (sulfide) groups is 1. The highest BCUT2D eigenvalue weighted by molar-refractivity contribution is 7.99. The smallest absolute Gasteiger partial charge is 0.266 e. The number of benzene rings is 2. The zero-order valence-electron chi connectivity index (χ0n) is 12.4. The number of amides is 1. The highest BCUT2D eigenvalue weighted by Gasteiger charge is 2.15. The van der Waals surface area contributed by atoms with E-state index in [1.165, 1.54) is 16.7 Å². The number of fused-ring (bicyclic) bond motifs is 1. The van der Waals surface area contributed by atoms with Crippen molar-refractivity contribution in [3.05, 3.63) is 64.7 Å². The number of hydrogen-bond donors (Lipinski definition) is 2. The van der Waals surface area contributed by atoms with Crippen molar-refractivity contribution in [3.8, 4) is 5.69 Å². The largest absolute Gasteiger partial charge is 0.294 e. The first-order chi connectivity index (χ1) is 11.6. The molecule has 3 N–H and O–H groups in total. The summed E-state index contributed by atoms with van der Waals surface area (Å²) >= 11 is 1.07. The minimum absolute atomic E-state index is 0.00246. The summed E-state index contributed by atoms with van der Waals surface area (Å²) in [6.45, 7) is 0. The van der Waals surface area contributed by atoms with Crippen molar-refractivity contribution < 1.29 is 9.18 Å². The summed E-state index contributed by atoms with van der Waals surface area (Å²) in [4.78, 5) is 28.6. The number of halogens is 1. The van der Waals surface area contributed by atoms with Crippen molar-refractivity contribution in [2.75, 3.05) is 5.75 Å². The molecule has 1 aromatic heterocycles. The molecule has 0 atom stereocenters. The highest BCUT2D eigenvalue weighted by atomic mass is 32.2. The second kappa shape index (κ2) is 6.81. The fourth-order valence-electron chi connectivity index (χ4n) is 2.21. The van der Waals surface area contributed by atoms with E-state index in [1.807, 2.05) is 11.5 Å². The van der Waals surface area contributed by atoms with Gasteiger partial charge in [-0.25, -0.2) is 15.2 Å². The molecular weight excluding hydrogens is 331 g/mol. The molecule has 6 nitrogen and oxygen atoms in total. The molecule has 0 fully saturated rings. The van der Waals surface area contributed by atoms with Gasteiger partial charge in [-0.3, -0.25) is 19.6 Å². The molecule has 24 heavy (non-hydrogen) atoms. The van der Waals surface area contributed by atoms with Crippen LogP contribution in [-0.4, -0.2) is 21.2 Å². The minimum atomic E-state index is -0.510. The van der Waals surface area contributed by atoms with Crippen LogP contribution in [0.5, 0.6) is 0 Å². The van der Waals surface area contributed by atoms with Crippen LogP contribution in [0.25, 0.3) is 16.6 Å². The Bertz CT molecular complexity index is 959. The standard InChI is InChI=1S/C16H13FN4O2S/c17-10-6-7-13-12(8-10)15(23)21(11-4-2-1-3-5-11)16(19-13)24-9-14(22)20-18/h1-8H,9,18H2,(H,20,22). The molecule has 8 heteroatoms. The normalized spacial score (nSPS) is 10.8. The summed E-state index contributed by atoms with van der Waals surface area (Å²) in [5.74, 6) is 4.18. The van der Waals surface area contributed by atoms with Gasteiger partial charge in [-0.1, -0.05) is 30.0 Å². The maximum Gasteiger partial charge on any atom is 0.266 e. The number of nitrogens with one attached hydrogen (secondary N) is 1. The van der Waals surface area contributed by atoms with E-state index in [9.17, 15) is 14.0 Å². The van der Waals surface area contributed by atoms with Crippen LogP contribution in [-0.2, 0) is 4.79 Å². The molecule has 0 spiro atoms. The number of carbonyl (C=O) groups is 1. The maximum atomic E-state index is 13.5. The molecule has 1 amide bonds. The molecule has 1 heterocycles. The van der Waals surface area contributed by atoms with E-state index in [1.54, 1.807) is 24.3 Å². The van der Waals surface area contributed by atoms with Crippen molar-refractivity contribution in [2.45, 2.75) is 5.16 Å². The first kappa shape index (κ1) is 16.2. The van der Waals surface area contributed by atoms with Gasteiger partial charge >= 0.3 is 0 Å².